The Balaban J connectivity index is 2.99. The van der Waals surface area contributed by atoms with Crippen molar-refractivity contribution in [1.82, 2.24) is 0 Å². The minimum atomic E-state index is 0.00926. The van der Waals surface area contributed by atoms with E-state index in [0.29, 0.717) is 0 Å². The van der Waals surface area contributed by atoms with Gasteiger partial charge in [0, 0.05) is 0 Å². The molecule has 0 N–H and O–H groups in total. The lowest BCUT2D eigenvalue weighted by Gasteiger charge is -1.86. The maximum atomic E-state index is 11.7. The Bertz CT molecular complexity index is 24.9. The maximum Gasteiger partial charge on any atom is 0.298 e. The van der Waals surface area contributed by atoms with Crippen molar-refractivity contribution < 1.29 is 4.39 Å². The molecule has 0 aromatic heterocycles. The summed E-state index contributed by atoms with van der Waals surface area (Å²) in [5, 5.41) is 0. The van der Waals surface area contributed by atoms with E-state index in [0.717, 1.165) is 0 Å². The highest BCUT2D eigenvalue weighted by molar-refractivity contribution is 4.71. The Hall–Kier alpha value is -0.200. The fourth-order valence-corrected chi connectivity index (χ4v) is 0. The van der Waals surface area contributed by atoms with E-state index in [4.69, 9.17) is 0 Å². The smallest absolute Gasteiger partial charge is 0.0180 e. The summed E-state index contributed by atoms with van der Waals surface area (Å²) in [5.74, 6) is 0.102. The molecule has 36 valence electrons. The predicted molar refractivity (Wildman–Crippen MR) is 24.9 cm³/mol. The van der Waals surface area contributed by atoms with E-state index >= 15 is 0 Å². The zero-order chi connectivity index (χ0) is 5.15. The lowest BCUT2D eigenvalue weighted by atomic mass is 10.1. The van der Waals surface area contributed by atoms with Gasteiger partial charge in [-0.2, -0.15) is 0 Å². The summed E-state index contributed by atoms with van der Waals surface area (Å²) in [4.78, 5) is 0. The largest absolute Gasteiger partial charge is 0.298 e. The van der Waals surface area contributed by atoms with Gasteiger partial charge in [0.05, 0.1) is 0 Å². The van der Waals surface area contributed by atoms with Gasteiger partial charge in [-0.15, -0.1) is 0 Å². The molecule has 0 heterocycles. The minimum absolute atomic E-state index is 0.00926. The molecule has 6 heavy (non-hydrogen) atoms. The van der Waals surface area contributed by atoms with Crippen LogP contribution in [0.25, 0.3) is 0 Å². The lowest BCUT2D eigenvalue weighted by molar-refractivity contribution is 0.408. The van der Waals surface area contributed by atoms with Gasteiger partial charge in [-0.05, 0) is 18.2 Å². The second-order valence-electron chi connectivity index (χ2n) is 1.74. The Kier molecular flexibility index (Phi) is 1.99. The molecular formula is C5H10F+. The fraction of sp³-hybridized carbons (Fsp3) is 0.800. The molecule has 0 aromatic rings. The van der Waals surface area contributed by atoms with Gasteiger partial charge in [0.1, 0.15) is 12.8 Å². The topological polar surface area (TPSA) is 0 Å². The SMILES string of the molecule is C[C+](F)C(C)C. The van der Waals surface area contributed by atoms with Gasteiger partial charge in [-0.25, -0.2) is 0 Å². The van der Waals surface area contributed by atoms with Crippen molar-refractivity contribution >= 4 is 0 Å². The molecular weight excluding hydrogens is 79.1 g/mol. The third kappa shape index (κ3) is 2.06. The van der Waals surface area contributed by atoms with Crippen LogP contribution >= 0.6 is 0 Å². The van der Waals surface area contributed by atoms with Crippen molar-refractivity contribution in [1.29, 1.82) is 0 Å². The number of hydrogen-bond acceptors (Lipinski definition) is 0. The lowest BCUT2D eigenvalue weighted by Crippen LogP contribution is -1.91. The van der Waals surface area contributed by atoms with Gasteiger partial charge in [0.15, 0.2) is 0 Å². The monoisotopic (exact) mass is 89.1 g/mol. The van der Waals surface area contributed by atoms with Crippen molar-refractivity contribution in [3.05, 3.63) is 6.17 Å². The summed E-state index contributed by atoms with van der Waals surface area (Å²) < 4.78 is 11.7. The van der Waals surface area contributed by atoms with Crippen molar-refractivity contribution in [3.63, 3.8) is 0 Å². The molecule has 0 aliphatic heterocycles. The van der Waals surface area contributed by atoms with Gasteiger partial charge in [0.25, 0.3) is 6.17 Å². The molecule has 0 rings (SSSR count). The van der Waals surface area contributed by atoms with Crippen molar-refractivity contribution in [3.8, 4) is 0 Å². The molecule has 0 saturated carbocycles. The second kappa shape index (κ2) is 2.06. The van der Waals surface area contributed by atoms with Crippen LogP contribution in [0.2, 0.25) is 0 Å². The molecule has 1 heteroatoms. The zero-order valence-electron chi connectivity index (χ0n) is 4.46. The van der Waals surface area contributed by atoms with E-state index < -0.39 is 0 Å². The van der Waals surface area contributed by atoms with Crippen LogP contribution in [-0.4, -0.2) is 0 Å². The van der Waals surface area contributed by atoms with Crippen molar-refractivity contribution in [2.24, 2.45) is 5.92 Å². The molecule has 0 atom stereocenters. The molecule has 0 aromatic carbocycles. The molecule has 0 aliphatic carbocycles. The molecule has 0 unspecified atom stereocenters. The van der Waals surface area contributed by atoms with Gasteiger partial charge in [-0.1, -0.05) is 0 Å². The molecule has 0 saturated heterocycles. The molecule has 0 spiro atoms. The first-order chi connectivity index (χ1) is 2.64. The number of halogens is 1. The van der Waals surface area contributed by atoms with Gasteiger partial charge < -0.3 is 0 Å². The number of rotatable bonds is 1. The first-order valence-corrected chi connectivity index (χ1v) is 2.13. The van der Waals surface area contributed by atoms with E-state index in [-0.39, 0.29) is 12.1 Å². The summed E-state index contributed by atoms with van der Waals surface area (Å²) in [5.41, 5.74) is 0. The van der Waals surface area contributed by atoms with Crippen LogP contribution in [-0.2, 0) is 0 Å². The normalized spacial score (nSPS) is 9.50. The van der Waals surface area contributed by atoms with Crippen LogP contribution in [0.4, 0.5) is 4.39 Å². The molecule has 0 bridgehead atoms. The van der Waals surface area contributed by atoms with E-state index in [1.54, 1.807) is 0 Å². The van der Waals surface area contributed by atoms with Crippen molar-refractivity contribution in [2.75, 3.05) is 0 Å². The van der Waals surface area contributed by atoms with Gasteiger partial charge in [-0.3, -0.25) is 0 Å². The number of hydrogen-bond donors (Lipinski definition) is 0. The summed E-state index contributed by atoms with van der Waals surface area (Å²) in [6.45, 7) is 5.15. The van der Waals surface area contributed by atoms with E-state index in [1.807, 2.05) is 13.8 Å². The summed E-state index contributed by atoms with van der Waals surface area (Å²) in [6.07, 6.45) is 0.00926. The van der Waals surface area contributed by atoms with Gasteiger partial charge in [0.2, 0.25) is 0 Å². The third-order valence-electron chi connectivity index (χ3n) is 0.796. The first kappa shape index (κ1) is 5.80. The highest BCUT2D eigenvalue weighted by Gasteiger charge is 2.16. The Labute approximate surface area is 38.4 Å². The molecule has 0 nitrogen and oxygen atoms in total. The highest BCUT2D eigenvalue weighted by atomic mass is 19.1. The van der Waals surface area contributed by atoms with Crippen LogP contribution in [0, 0.1) is 12.1 Å². The standard InChI is InChI=1S/C5H10F/c1-4(2)5(3)6/h4H,1-3H3/q+1. The zero-order valence-corrected chi connectivity index (χ0v) is 4.46. The molecule has 0 aliphatic rings. The third-order valence-corrected chi connectivity index (χ3v) is 0.796. The van der Waals surface area contributed by atoms with Crippen LogP contribution in [0.3, 0.4) is 0 Å². The average molecular weight is 89.1 g/mol. The van der Waals surface area contributed by atoms with Crippen LogP contribution in [0.15, 0.2) is 0 Å². The quantitative estimate of drug-likeness (QED) is 0.432. The van der Waals surface area contributed by atoms with Crippen LogP contribution in [0.5, 0.6) is 0 Å². The highest BCUT2D eigenvalue weighted by Crippen LogP contribution is 2.11. The molecule has 0 fully saturated rings. The summed E-state index contributed by atoms with van der Waals surface area (Å²) >= 11 is 0. The molecule has 0 amide bonds. The Morgan fingerprint density at radius 2 is 1.67 bits per heavy atom. The maximum absolute atomic E-state index is 11.7. The van der Waals surface area contributed by atoms with Crippen molar-refractivity contribution in [2.45, 2.75) is 20.8 Å². The van der Waals surface area contributed by atoms with Crippen LogP contribution < -0.4 is 0 Å². The Morgan fingerprint density at radius 3 is 1.67 bits per heavy atom. The second-order valence-corrected chi connectivity index (χ2v) is 1.74. The van der Waals surface area contributed by atoms with E-state index in [9.17, 15) is 4.39 Å². The van der Waals surface area contributed by atoms with Gasteiger partial charge >= 0.3 is 0 Å². The minimum Gasteiger partial charge on any atom is -0.0180 e. The predicted octanol–water partition coefficient (Wildman–Crippen LogP) is 2.16. The van der Waals surface area contributed by atoms with E-state index in [1.165, 1.54) is 6.92 Å². The fourth-order valence-electron chi connectivity index (χ4n) is 0. The molecule has 0 radical (unpaired) electrons. The Morgan fingerprint density at radius 1 is 1.50 bits per heavy atom. The average Bonchev–Trinajstić information content (AvgIpc) is 1.36. The first-order valence-electron chi connectivity index (χ1n) is 2.13. The summed E-state index contributed by atoms with van der Waals surface area (Å²) in [6, 6.07) is 0. The van der Waals surface area contributed by atoms with E-state index in [2.05, 4.69) is 0 Å². The van der Waals surface area contributed by atoms with Crippen LogP contribution in [0.1, 0.15) is 20.8 Å². The summed E-state index contributed by atoms with van der Waals surface area (Å²) in [7, 11) is 0.